The first-order chi connectivity index (χ1) is 8.65. The molecule has 1 atom stereocenters. The van der Waals surface area contributed by atoms with Gasteiger partial charge in [-0.2, -0.15) is 0 Å². The molecule has 0 spiro atoms. The number of aliphatic hydroxyl groups excluding tert-OH is 1. The van der Waals surface area contributed by atoms with Gasteiger partial charge >= 0.3 is 0 Å². The van der Waals surface area contributed by atoms with Gasteiger partial charge in [0.05, 0.1) is 24.5 Å². The van der Waals surface area contributed by atoms with Gasteiger partial charge in [-0.1, -0.05) is 28.1 Å². The Morgan fingerprint density at radius 2 is 2.33 bits per heavy atom. The highest BCUT2D eigenvalue weighted by Gasteiger charge is 2.04. The van der Waals surface area contributed by atoms with Crippen molar-refractivity contribution in [2.24, 2.45) is 0 Å². The lowest BCUT2D eigenvalue weighted by atomic mass is 10.2. The standard InChI is InChI=1S/C13H16BrN3O/c1-9(18)6-15-8-13-16-7-12(17-13)10-3-2-4-11(14)5-10/h2-5,7,9,15,18H,6,8H2,1H3,(H,16,17). The molecule has 96 valence electrons. The van der Waals surface area contributed by atoms with E-state index < -0.39 is 0 Å². The highest BCUT2D eigenvalue weighted by Crippen LogP contribution is 2.21. The molecule has 3 N–H and O–H groups in total. The number of hydrogen-bond donors (Lipinski definition) is 3. The Hall–Kier alpha value is -1.17. The van der Waals surface area contributed by atoms with E-state index in [9.17, 15) is 0 Å². The van der Waals surface area contributed by atoms with E-state index in [0.29, 0.717) is 13.1 Å². The quantitative estimate of drug-likeness (QED) is 0.794. The van der Waals surface area contributed by atoms with E-state index in [4.69, 9.17) is 5.11 Å². The van der Waals surface area contributed by atoms with Crippen molar-refractivity contribution in [2.45, 2.75) is 19.6 Å². The number of benzene rings is 1. The van der Waals surface area contributed by atoms with Gasteiger partial charge in [-0.05, 0) is 19.1 Å². The Labute approximate surface area is 115 Å². The number of hydrogen-bond acceptors (Lipinski definition) is 3. The average molecular weight is 310 g/mol. The maximum Gasteiger partial charge on any atom is 0.120 e. The largest absolute Gasteiger partial charge is 0.392 e. The second-order valence-corrected chi connectivity index (χ2v) is 5.15. The summed E-state index contributed by atoms with van der Waals surface area (Å²) in [4.78, 5) is 7.56. The molecule has 2 aromatic rings. The van der Waals surface area contributed by atoms with Crippen LogP contribution in [0.15, 0.2) is 34.9 Å². The summed E-state index contributed by atoms with van der Waals surface area (Å²) in [5.41, 5.74) is 2.09. The number of imidazole rings is 1. The monoisotopic (exact) mass is 309 g/mol. The van der Waals surface area contributed by atoms with Crippen molar-refractivity contribution in [3.8, 4) is 11.3 Å². The molecule has 18 heavy (non-hydrogen) atoms. The molecule has 1 aromatic heterocycles. The van der Waals surface area contributed by atoms with Crippen LogP contribution < -0.4 is 5.32 Å². The Morgan fingerprint density at radius 3 is 3.06 bits per heavy atom. The van der Waals surface area contributed by atoms with Crippen molar-refractivity contribution in [2.75, 3.05) is 6.54 Å². The molecule has 4 nitrogen and oxygen atoms in total. The van der Waals surface area contributed by atoms with Gasteiger partial charge in [0, 0.05) is 16.6 Å². The van der Waals surface area contributed by atoms with Crippen LogP contribution in [0.5, 0.6) is 0 Å². The van der Waals surface area contributed by atoms with Crippen LogP contribution >= 0.6 is 15.9 Å². The predicted octanol–water partition coefficient (Wildman–Crippen LogP) is 2.31. The second-order valence-electron chi connectivity index (χ2n) is 4.23. The molecule has 0 saturated carbocycles. The normalized spacial score (nSPS) is 12.6. The van der Waals surface area contributed by atoms with Crippen LogP contribution in [-0.4, -0.2) is 27.7 Å². The van der Waals surface area contributed by atoms with Gasteiger partial charge in [0.1, 0.15) is 5.82 Å². The molecule has 1 unspecified atom stereocenters. The molecule has 2 rings (SSSR count). The van der Waals surface area contributed by atoms with Gasteiger partial charge in [0.15, 0.2) is 0 Å². The molecule has 0 aliphatic carbocycles. The van der Waals surface area contributed by atoms with Crippen LogP contribution in [0.25, 0.3) is 11.3 Å². The fourth-order valence-corrected chi connectivity index (χ4v) is 2.05. The molecule has 0 bridgehead atoms. The number of halogens is 1. The average Bonchev–Trinajstić information content (AvgIpc) is 2.77. The molecule has 0 fully saturated rings. The molecule has 1 heterocycles. The first kappa shape index (κ1) is 13.3. The summed E-state index contributed by atoms with van der Waals surface area (Å²) in [6.45, 7) is 2.94. The highest BCUT2D eigenvalue weighted by atomic mass is 79.9. The number of nitrogens with one attached hydrogen (secondary N) is 2. The van der Waals surface area contributed by atoms with Crippen LogP contribution in [0.4, 0.5) is 0 Å². The lowest BCUT2D eigenvalue weighted by Crippen LogP contribution is -2.24. The molecular formula is C13H16BrN3O. The van der Waals surface area contributed by atoms with Crippen molar-refractivity contribution in [3.05, 3.63) is 40.8 Å². The SMILES string of the molecule is CC(O)CNCc1ncc(-c2cccc(Br)c2)[nH]1. The van der Waals surface area contributed by atoms with E-state index in [0.717, 1.165) is 21.6 Å². The summed E-state index contributed by atoms with van der Waals surface area (Å²) in [5.74, 6) is 0.866. The van der Waals surface area contributed by atoms with E-state index in [1.807, 2.05) is 30.5 Å². The van der Waals surface area contributed by atoms with Gasteiger partial charge in [-0.25, -0.2) is 4.98 Å². The Balaban J connectivity index is 2.02. The minimum Gasteiger partial charge on any atom is -0.392 e. The van der Waals surface area contributed by atoms with E-state index in [1.54, 1.807) is 6.92 Å². The first-order valence-corrected chi connectivity index (χ1v) is 6.63. The molecule has 5 heteroatoms. The van der Waals surface area contributed by atoms with Gasteiger partial charge in [-0.15, -0.1) is 0 Å². The number of H-pyrrole nitrogens is 1. The van der Waals surface area contributed by atoms with Crippen LogP contribution in [0, 0.1) is 0 Å². The lowest BCUT2D eigenvalue weighted by molar-refractivity contribution is 0.190. The summed E-state index contributed by atoms with van der Waals surface area (Å²) in [6.07, 6.45) is 1.48. The third-order valence-corrected chi connectivity index (χ3v) is 2.99. The maximum absolute atomic E-state index is 9.15. The summed E-state index contributed by atoms with van der Waals surface area (Å²) >= 11 is 3.45. The second kappa shape index (κ2) is 6.13. The molecule has 0 aliphatic rings. The number of nitrogens with zero attached hydrogens (tertiary/aromatic N) is 1. The zero-order valence-electron chi connectivity index (χ0n) is 10.2. The number of rotatable bonds is 5. The van der Waals surface area contributed by atoms with Crippen molar-refractivity contribution in [1.29, 1.82) is 0 Å². The molecule has 1 aromatic carbocycles. The fraction of sp³-hybridized carbons (Fsp3) is 0.308. The zero-order valence-corrected chi connectivity index (χ0v) is 11.7. The smallest absolute Gasteiger partial charge is 0.120 e. The fourth-order valence-electron chi connectivity index (χ4n) is 1.65. The number of aliphatic hydroxyl groups is 1. The van der Waals surface area contributed by atoms with E-state index in [1.165, 1.54) is 0 Å². The van der Waals surface area contributed by atoms with E-state index in [-0.39, 0.29) is 6.10 Å². The molecular weight excluding hydrogens is 294 g/mol. The van der Waals surface area contributed by atoms with E-state index in [2.05, 4.69) is 31.2 Å². The minimum absolute atomic E-state index is 0.343. The van der Waals surface area contributed by atoms with Gasteiger partial charge in [0.2, 0.25) is 0 Å². The third-order valence-electron chi connectivity index (χ3n) is 2.50. The molecule has 0 aliphatic heterocycles. The van der Waals surface area contributed by atoms with Crippen molar-refractivity contribution >= 4 is 15.9 Å². The summed E-state index contributed by atoms with van der Waals surface area (Å²) < 4.78 is 1.04. The third kappa shape index (κ3) is 3.66. The maximum atomic E-state index is 9.15. The van der Waals surface area contributed by atoms with Crippen LogP contribution in [0.1, 0.15) is 12.7 Å². The predicted molar refractivity (Wildman–Crippen MR) is 75.1 cm³/mol. The Morgan fingerprint density at radius 1 is 1.50 bits per heavy atom. The van der Waals surface area contributed by atoms with E-state index >= 15 is 0 Å². The summed E-state index contributed by atoms with van der Waals surface area (Å²) in [6, 6.07) is 8.06. The van der Waals surface area contributed by atoms with Crippen molar-refractivity contribution in [3.63, 3.8) is 0 Å². The van der Waals surface area contributed by atoms with Gasteiger partial charge in [-0.3, -0.25) is 0 Å². The minimum atomic E-state index is -0.343. The zero-order chi connectivity index (χ0) is 13.0. The van der Waals surface area contributed by atoms with Crippen LogP contribution in [0.2, 0.25) is 0 Å². The summed E-state index contributed by atoms with van der Waals surface area (Å²) in [5, 5.41) is 12.3. The topological polar surface area (TPSA) is 60.9 Å². The highest BCUT2D eigenvalue weighted by molar-refractivity contribution is 9.10. The van der Waals surface area contributed by atoms with Crippen molar-refractivity contribution in [1.82, 2.24) is 15.3 Å². The Kier molecular flexibility index (Phi) is 4.52. The Bertz CT molecular complexity index is 510. The molecule has 0 saturated heterocycles. The molecule has 0 radical (unpaired) electrons. The lowest BCUT2D eigenvalue weighted by Gasteiger charge is -2.04. The number of aromatic amines is 1. The van der Waals surface area contributed by atoms with Crippen molar-refractivity contribution < 1.29 is 5.11 Å². The van der Waals surface area contributed by atoms with Gasteiger partial charge < -0.3 is 15.4 Å². The van der Waals surface area contributed by atoms with Gasteiger partial charge in [0.25, 0.3) is 0 Å². The number of aromatic nitrogens is 2. The molecule has 0 amide bonds. The first-order valence-electron chi connectivity index (χ1n) is 5.84. The van der Waals surface area contributed by atoms with Crippen LogP contribution in [-0.2, 0) is 6.54 Å². The van der Waals surface area contributed by atoms with Crippen LogP contribution in [0.3, 0.4) is 0 Å². The summed E-state index contributed by atoms with van der Waals surface area (Å²) in [7, 11) is 0.